The number of rotatable bonds is 8. The summed E-state index contributed by atoms with van der Waals surface area (Å²) in [6.45, 7) is 2.45. The van der Waals surface area contributed by atoms with Gasteiger partial charge in [0.1, 0.15) is 0 Å². The highest BCUT2D eigenvalue weighted by molar-refractivity contribution is 5.85. The highest BCUT2D eigenvalue weighted by Gasteiger charge is 2.08. The van der Waals surface area contributed by atoms with Crippen molar-refractivity contribution in [2.24, 2.45) is 0 Å². The van der Waals surface area contributed by atoms with Crippen molar-refractivity contribution in [3.05, 3.63) is 133 Å². The van der Waals surface area contributed by atoms with Crippen molar-refractivity contribution < 1.29 is 0 Å². The Kier molecular flexibility index (Phi) is 12.0. The number of aromatic amines is 2. The average molecular weight is 509 g/mol. The number of aromatic nitrogens is 4. The van der Waals surface area contributed by atoms with Gasteiger partial charge in [0.2, 0.25) is 0 Å². The Hall–Kier alpha value is -3.74. The first-order chi connectivity index (χ1) is 16.4. The Morgan fingerprint density at radius 1 is 0.743 bits per heavy atom. The van der Waals surface area contributed by atoms with E-state index in [0.717, 1.165) is 36.7 Å². The predicted molar refractivity (Wildman–Crippen MR) is 148 cm³/mol. The van der Waals surface area contributed by atoms with Crippen molar-refractivity contribution in [2.45, 2.75) is 19.6 Å². The molecule has 2 heterocycles. The molecule has 3 aromatic carbocycles. The van der Waals surface area contributed by atoms with Crippen LogP contribution in [-0.2, 0) is 19.6 Å². The van der Waals surface area contributed by atoms with Crippen molar-refractivity contribution in [3.8, 4) is 0 Å². The van der Waals surface area contributed by atoms with Gasteiger partial charge in [0.25, 0.3) is 0 Å². The van der Waals surface area contributed by atoms with Crippen LogP contribution in [0.15, 0.2) is 116 Å². The Balaban J connectivity index is 0.000000252. The number of hydrogen-bond donors (Lipinski definition) is 3. The van der Waals surface area contributed by atoms with E-state index >= 15 is 0 Å². The molecule has 0 radical (unpaired) electrons. The van der Waals surface area contributed by atoms with Gasteiger partial charge in [-0.3, -0.25) is 0 Å². The van der Waals surface area contributed by atoms with Crippen molar-refractivity contribution >= 4 is 36.2 Å². The Labute approximate surface area is 218 Å². The molecule has 0 atom stereocenters. The molecule has 35 heavy (non-hydrogen) atoms. The summed E-state index contributed by atoms with van der Waals surface area (Å²) in [5, 5.41) is 3.26. The molecule has 5 rings (SSSR count). The number of nitrogens with zero attached hydrogens (tertiary/aromatic N) is 3. The topological polar surface area (TPSA) is 72.6 Å². The van der Waals surface area contributed by atoms with E-state index in [9.17, 15) is 0 Å². The average Bonchev–Trinajstić information content (AvgIpc) is 3.59. The van der Waals surface area contributed by atoms with Crippen molar-refractivity contribution in [2.75, 3.05) is 10.2 Å². The first-order valence-corrected chi connectivity index (χ1v) is 10.9. The monoisotopic (exact) mass is 508 g/mol. The fourth-order valence-corrected chi connectivity index (χ4v) is 3.39. The van der Waals surface area contributed by atoms with Gasteiger partial charge in [0.15, 0.2) is 0 Å². The van der Waals surface area contributed by atoms with E-state index in [1.165, 1.54) is 11.3 Å². The highest BCUT2D eigenvalue weighted by Crippen LogP contribution is 2.19. The molecule has 182 valence electrons. The summed E-state index contributed by atoms with van der Waals surface area (Å²) < 4.78 is 0. The third-order valence-corrected chi connectivity index (χ3v) is 5.06. The van der Waals surface area contributed by atoms with Crippen molar-refractivity contribution in [3.63, 3.8) is 0 Å². The number of benzene rings is 3. The number of anilines is 2. The van der Waals surface area contributed by atoms with Crippen LogP contribution in [0.3, 0.4) is 0 Å². The molecule has 0 aliphatic rings. The molecule has 2 aromatic heterocycles. The third-order valence-electron chi connectivity index (χ3n) is 5.06. The van der Waals surface area contributed by atoms with E-state index in [1.54, 1.807) is 12.7 Å². The molecule has 6 nitrogen and oxygen atoms in total. The largest absolute Gasteiger partial charge is 0.379 e. The van der Waals surface area contributed by atoms with E-state index in [1.807, 2.05) is 54.9 Å². The van der Waals surface area contributed by atoms with Gasteiger partial charge in [-0.25, -0.2) is 9.97 Å². The molecule has 0 bridgehead atoms. The van der Waals surface area contributed by atoms with Crippen LogP contribution in [-0.4, -0.2) is 19.9 Å². The minimum absolute atomic E-state index is 0. The van der Waals surface area contributed by atoms with Crippen LogP contribution in [0.5, 0.6) is 0 Å². The zero-order chi connectivity index (χ0) is 22.6. The summed E-state index contributed by atoms with van der Waals surface area (Å²) in [7, 11) is 0. The maximum atomic E-state index is 4.11. The van der Waals surface area contributed by atoms with Crippen LogP contribution in [0, 0.1) is 0 Å². The summed E-state index contributed by atoms with van der Waals surface area (Å²) in [4.78, 5) is 16.6. The molecule has 0 aliphatic heterocycles. The van der Waals surface area contributed by atoms with Crippen LogP contribution >= 0.6 is 24.8 Å². The van der Waals surface area contributed by atoms with Gasteiger partial charge in [-0.1, -0.05) is 66.7 Å². The van der Waals surface area contributed by atoms with Gasteiger partial charge >= 0.3 is 0 Å². The van der Waals surface area contributed by atoms with Crippen molar-refractivity contribution in [1.82, 2.24) is 19.9 Å². The number of nitrogens with one attached hydrogen (secondary N) is 3. The lowest BCUT2D eigenvalue weighted by atomic mass is 10.2. The fourth-order valence-electron chi connectivity index (χ4n) is 3.39. The van der Waals surface area contributed by atoms with Crippen LogP contribution in [0.1, 0.15) is 17.0 Å². The predicted octanol–water partition coefficient (Wildman–Crippen LogP) is 6.48. The second kappa shape index (κ2) is 15.2. The number of hydrogen-bond acceptors (Lipinski definition) is 4. The lowest BCUT2D eigenvalue weighted by molar-refractivity contribution is 0.785. The summed E-state index contributed by atoms with van der Waals surface area (Å²) in [6.07, 6.45) is 7.17. The number of para-hydroxylation sites is 2. The van der Waals surface area contributed by atoms with E-state index in [2.05, 4.69) is 78.7 Å². The lowest BCUT2D eigenvalue weighted by Crippen LogP contribution is -2.22. The number of imidazole rings is 2. The minimum Gasteiger partial charge on any atom is -0.379 e. The van der Waals surface area contributed by atoms with Crippen LogP contribution < -0.4 is 10.2 Å². The summed E-state index contributed by atoms with van der Waals surface area (Å²) in [5.41, 5.74) is 5.76. The zero-order valence-corrected chi connectivity index (χ0v) is 20.9. The quantitative estimate of drug-likeness (QED) is 0.224. The molecule has 0 saturated carbocycles. The maximum Gasteiger partial charge on any atom is 0.0923 e. The molecule has 0 saturated heterocycles. The maximum absolute atomic E-state index is 4.11. The van der Waals surface area contributed by atoms with E-state index in [4.69, 9.17) is 0 Å². The van der Waals surface area contributed by atoms with Gasteiger partial charge in [-0.15, -0.1) is 24.8 Å². The SMILES string of the molecule is Cl.Cl.c1ccc(CN(Cc2cnc[nH]2)c2ccccc2)cc1.c1ccc(NCc2c[nH]cn2)cc1. The molecule has 0 fully saturated rings. The Morgan fingerprint density at radius 2 is 1.40 bits per heavy atom. The minimum atomic E-state index is 0. The van der Waals surface area contributed by atoms with Gasteiger partial charge in [-0.2, -0.15) is 0 Å². The number of halogens is 2. The van der Waals surface area contributed by atoms with Gasteiger partial charge in [0, 0.05) is 30.3 Å². The summed E-state index contributed by atoms with van der Waals surface area (Å²) in [6, 6.07) is 31.1. The molecule has 8 heteroatoms. The van der Waals surface area contributed by atoms with Crippen LogP contribution in [0.4, 0.5) is 11.4 Å². The van der Waals surface area contributed by atoms with Gasteiger partial charge in [0.05, 0.1) is 37.1 Å². The first-order valence-electron chi connectivity index (χ1n) is 10.9. The van der Waals surface area contributed by atoms with E-state index in [0.29, 0.717) is 0 Å². The summed E-state index contributed by atoms with van der Waals surface area (Å²) in [5.74, 6) is 0. The van der Waals surface area contributed by atoms with E-state index in [-0.39, 0.29) is 24.8 Å². The first kappa shape index (κ1) is 27.5. The Bertz CT molecular complexity index is 1150. The molecule has 0 aliphatic carbocycles. The zero-order valence-electron chi connectivity index (χ0n) is 19.2. The lowest BCUT2D eigenvalue weighted by Gasteiger charge is -2.24. The standard InChI is InChI=1S/C17H17N3.C10H11N3.2ClH/c1-3-7-15(8-4-1)12-20(13-16-11-18-14-19-16)17-9-5-2-6-10-17;1-2-4-9(5-3-1)12-7-10-6-11-8-13-10;;/h1-11,14H,12-13H2,(H,18,19);1-6,8,12H,7H2,(H,11,13);2*1H. The summed E-state index contributed by atoms with van der Waals surface area (Å²) >= 11 is 0. The normalized spacial score (nSPS) is 9.60. The molecule has 0 spiro atoms. The van der Waals surface area contributed by atoms with Crippen LogP contribution in [0.25, 0.3) is 0 Å². The molecule has 0 unspecified atom stereocenters. The highest BCUT2D eigenvalue weighted by atomic mass is 35.5. The third kappa shape index (κ3) is 9.20. The molecule has 3 N–H and O–H groups in total. The van der Waals surface area contributed by atoms with Crippen LogP contribution in [0.2, 0.25) is 0 Å². The van der Waals surface area contributed by atoms with Gasteiger partial charge in [-0.05, 0) is 29.8 Å². The molecular weight excluding hydrogens is 479 g/mol. The molecular formula is C27H30Cl2N6. The second-order valence-corrected chi connectivity index (χ2v) is 7.53. The molecule has 5 aromatic rings. The molecule has 0 amide bonds. The smallest absolute Gasteiger partial charge is 0.0923 e. The van der Waals surface area contributed by atoms with E-state index < -0.39 is 0 Å². The fraction of sp³-hybridized carbons (Fsp3) is 0.111. The number of H-pyrrole nitrogens is 2. The van der Waals surface area contributed by atoms with Gasteiger partial charge < -0.3 is 20.2 Å². The van der Waals surface area contributed by atoms with Crippen molar-refractivity contribution in [1.29, 1.82) is 0 Å². The Morgan fingerprint density at radius 3 is 2.00 bits per heavy atom. The second-order valence-electron chi connectivity index (χ2n) is 7.53.